The van der Waals surface area contributed by atoms with Crippen molar-refractivity contribution in [1.29, 1.82) is 0 Å². The summed E-state index contributed by atoms with van der Waals surface area (Å²) < 4.78 is 11.0. The van der Waals surface area contributed by atoms with Gasteiger partial charge in [0.1, 0.15) is 11.5 Å². The molecule has 0 unspecified atom stereocenters. The fourth-order valence-electron chi connectivity index (χ4n) is 2.68. The largest absolute Gasteiger partial charge is 0.497 e. The van der Waals surface area contributed by atoms with Crippen LogP contribution in [0.2, 0.25) is 0 Å². The van der Waals surface area contributed by atoms with E-state index in [-0.39, 0.29) is 5.91 Å². The molecule has 4 heteroatoms. The van der Waals surface area contributed by atoms with Gasteiger partial charge in [0, 0.05) is 6.54 Å². The highest BCUT2D eigenvalue weighted by Crippen LogP contribution is 2.18. The SMILES string of the molecule is CC[C@@H](Oc1ccc(C)c(C)c1)C(=O)NCCCc1ccc(OC)cc1. The molecule has 0 aromatic heterocycles. The standard InChI is InChI=1S/C22H29NO3/c1-5-21(26-20-11-8-16(2)17(3)15-20)22(24)23-14-6-7-18-9-12-19(25-4)13-10-18/h8-13,15,21H,5-7,14H2,1-4H3,(H,23,24)/t21-/m1/s1. The van der Waals surface area contributed by atoms with Gasteiger partial charge in [0.15, 0.2) is 6.10 Å². The number of rotatable bonds is 9. The molecule has 0 saturated carbocycles. The van der Waals surface area contributed by atoms with Crippen LogP contribution in [0, 0.1) is 13.8 Å². The normalized spacial score (nSPS) is 11.7. The van der Waals surface area contributed by atoms with E-state index in [1.165, 1.54) is 11.1 Å². The number of carbonyl (C=O) groups excluding carboxylic acids is 1. The van der Waals surface area contributed by atoms with Crippen molar-refractivity contribution in [1.82, 2.24) is 5.32 Å². The third-order valence-corrected chi connectivity index (χ3v) is 4.52. The van der Waals surface area contributed by atoms with Crippen molar-refractivity contribution in [3.8, 4) is 11.5 Å². The number of methoxy groups -OCH3 is 1. The van der Waals surface area contributed by atoms with E-state index in [0.717, 1.165) is 29.9 Å². The second kappa shape index (κ2) is 9.85. The van der Waals surface area contributed by atoms with Gasteiger partial charge in [0.25, 0.3) is 5.91 Å². The van der Waals surface area contributed by atoms with E-state index < -0.39 is 6.10 Å². The number of hydrogen-bond donors (Lipinski definition) is 1. The van der Waals surface area contributed by atoms with Gasteiger partial charge in [-0.15, -0.1) is 0 Å². The van der Waals surface area contributed by atoms with Crippen LogP contribution in [0.4, 0.5) is 0 Å². The van der Waals surface area contributed by atoms with E-state index in [2.05, 4.69) is 24.4 Å². The summed E-state index contributed by atoms with van der Waals surface area (Å²) >= 11 is 0. The summed E-state index contributed by atoms with van der Waals surface area (Å²) in [6.45, 7) is 6.70. The van der Waals surface area contributed by atoms with Crippen LogP contribution in [0.15, 0.2) is 42.5 Å². The van der Waals surface area contributed by atoms with E-state index in [9.17, 15) is 4.79 Å². The van der Waals surface area contributed by atoms with E-state index in [0.29, 0.717) is 13.0 Å². The fourth-order valence-corrected chi connectivity index (χ4v) is 2.68. The smallest absolute Gasteiger partial charge is 0.261 e. The third-order valence-electron chi connectivity index (χ3n) is 4.52. The summed E-state index contributed by atoms with van der Waals surface area (Å²) in [6, 6.07) is 13.9. The molecule has 0 bridgehead atoms. The summed E-state index contributed by atoms with van der Waals surface area (Å²) in [5.74, 6) is 1.55. The summed E-state index contributed by atoms with van der Waals surface area (Å²) in [5.41, 5.74) is 3.61. The van der Waals surface area contributed by atoms with Crippen LogP contribution in [0.5, 0.6) is 11.5 Å². The Morgan fingerprint density at radius 3 is 2.35 bits per heavy atom. The molecule has 26 heavy (non-hydrogen) atoms. The van der Waals surface area contributed by atoms with Gasteiger partial charge in [-0.2, -0.15) is 0 Å². The van der Waals surface area contributed by atoms with Crippen molar-refractivity contribution < 1.29 is 14.3 Å². The molecule has 1 N–H and O–H groups in total. The Morgan fingerprint density at radius 2 is 1.73 bits per heavy atom. The highest BCUT2D eigenvalue weighted by Gasteiger charge is 2.18. The van der Waals surface area contributed by atoms with Crippen LogP contribution in [0.3, 0.4) is 0 Å². The lowest BCUT2D eigenvalue weighted by Gasteiger charge is -2.18. The number of aryl methyl sites for hydroxylation is 3. The first-order valence-electron chi connectivity index (χ1n) is 9.18. The predicted molar refractivity (Wildman–Crippen MR) is 105 cm³/mol. The molecule has 2 rings (SSSR count). The Morgan fingerprint density at radius 1 is 1.04 bits per heavy atom. The number of amides is 1. The fraction of sp³-hybridized carbons (Fsp3) is 0.409. The molecule has 0 fully saturated rings. The Balaban J connectivity index is 1.78. The van der Waals surface area contributed by atoms with Crippen molar-refractivity contribution in [3.05, 3.63) is 59.2 Å². The maximum atomic E-state index is 12.4. The average molecular weight is 355 g/mol. The molecule has 0 aliphatic heterocycles. The molecular formula is C22H29NO3. The lowest BCUT2D eigenvalue weighted by molar-refractivity contribution is -0.128. The van der Waals surface area contributed by atoms with Crippen LogP contribution in [-0.2, 0) is 11.2 Å². The van der Waals surface area contributed by atoms with Gasteiger partial charge >= 0.3 is 0 Å². The number of ether oxygens (including phenoxy) is 2. The molecular weight excluding hydrogens is 326 g/mol. The Bertz CT molecular complexity index is 710. The summed E-state index contributed by atoms with van der Waals surface area (Å²) in [7, 11) is 1.66. The van der Waals surface area contributed by atoms with Gasteiger partial charge in [0.2, 0.25) is 0 Å². The number of carbonyl (C=O) groups is 1. The molecule has 0 spiro atoms. The van der Waals surface area contributed by atoms with Gasteiger partial charge in [-0.1, -0.05) is 25.1 Å². The zero-order valence-electron chi connectivity index (χ0n) is 16.2. The molecule has 0 aliphatic rings. The summed E-state index contributed by atoms with van der Waals surface area (Å²) in [5, 5.41) is 2.98. The second-order valence-corrected chi connectivity index (χ2v) is 6.50. The summed E-state index contributed by atoms with van der Waals surface area (Å²) in [4.78, 5) is 12.4. The zero-order valence-corrected chi connectivity index (χ0v) is 16.2. The minimum Gasteiger partial charge on any atom is -0.497 e. The van der Waals surface area contributed by atoms with E-state index in [1.54, 1.807) is 7.11 Å². The van der Waals surface area contributed by atoms with E-state index in [1.807, 2.05) is 44.2 Å². The first kappa shape index (κ1) is 19.8. The second-order valence-electron chi connectivity index (χ2n) is 6.50. The molecule has 4 nitrogen and oxygen atoms in total. The molecule has 140 valence electrons. The Hall–Kier alpha value is -2.49. The molecule has 0 radical (unpaired) electrons. The van der Waals surface area contributed by atoms with Crippen LogP contribution >= 0.6 is 0 Å². The van der Waals surface area contributed by atoms with Crippen LogP contribution in [0.25, 0.3) is 0 Å². The van der Waals surface area contributed by atoms with Crippen molar-refractivity contribution >= 4 is 5.91 Å². The van der Waals surface area contributed by atoms with Crippen LogP contribution in [0.1, 0.15) is 36.5 Å². The molecule has 0 heterocycles. The minimum atomic E-state index is -0.460. The predicted octanol–water partition coefficient (Wildman–Crippen LogP) is 4.22. The van der Waals surface area contributed by atoms with E-state index >= 15 is 0 Å². The number of benzene rings is 2. The molecule has 1 amide bonds. The highest BCUT2D eigenvalue weighted by atomic mass is 16.5. The van der Waals surface area contributed by atoms with E-state index in [4.69, 9.17) is 9.47 Å². The lowest BCUT2D eigenvalue weighted by atomic mass is 10.1. The third kappa shape index (κ3) is 5.80. The lowest BCUT2D eigenvalue weighted by Crippen LogP contribution is -2.38. The molecule has 2 aromatic carbocycles. The van der Waals surface area contributed by atoms with Gasteiger partial charge in [0.05, 0.1) is 7.11 Å². The first-order chi connectivity index (χ1) is 12.5. The van der Waals surface area contributed by atoms with Gasteiger partial charge in [-0.05, 0) is 74.1 Å². The summed E-state index contributed by atoms with van der Waals surface area (Å²) in [6.07, 6.45) is 1.98. The maximum Gasteiger partial charge on any atom is 0.261 e. The Labute approximate surface area is 156 Å². The topological polar surface area (TPSA) is 47.6 Å². The van der Waals surface area contributed by atoms with Crippen molar-refractivity contribution in [2.45, 2.75) is 46.1 Å². The van der Waals surface area contributed by atoms with Gasteiger partial charge in [-0.25, -0.2) is 0 Å². The number of nitrogens with one attached hydrogen (secondary N) is 1. The first-order valence-corrected chi connectivity index (χ1v) is 9.18. The zero-order chi connectivity index (χ0) is 18.9. The molecule has 0 saturated heterocycles. The quantitative estimate of drug-likeness (QED) is 0.685. The van der Waals surface area contributed by atoms with Crippen LogP contribution in [-0.4, -0.2) is 25.7 Å². The van der Waals surface area contributed by atoms with Crippen molar-refractivity contribution in [2.75, 3.05) is 13.7 Å². The molecule has 1 atom stereocenters. The highest BCUT2D eigenvalue weighted by molar-refractivity contribution is 5.81. The monoisotopic (exact) mass is 355 g/mol. The molecule has 2 aromatic rings. The van der Waals surface area contributed by atoms with Gasteiger partial charge in [-0.3, -0.25) is 4.79 Å². The minimum absolute atomic E-state index is 0.0551. The van der Waals surface area contributed by atoms with Crippen LogP contribution < -0.4 is 14.8 Å². The Kier molecular flexibility index (Phi) is 7.52. The number of hydrogen-bond acceptors (Lipinski definition) is 3. The molecule has 0 aliphatic carbocycles. The van der Waals surface area contributed by atoms with Crippen molar-refractivity contribution in [2.24, 2.45) is 0 Å². The van der Waals surface area contributed by atoms with Gasteiger partial charge < -0.3 is 14.8 Å². The maximum absolute atomic E-state index is 12.4. The average Bonchev–Trinajstić information content (AvgIpc) is 2.66. The van der Waals surface area contributed by atoms with Crippen molar-refractivity contribution in [3.63, 3.8) is 0 Å².